The lowest BCUT2D eigenvalue weighted by Crippen LogP contribution is -2.43. The maximum Gasteiger partial charge on any atom is 0.324 e. The van der Waals surface area contributed by atoms with Gasteiger partial charge in [-0.25, -0.2) is 8.42 Å². The maximum atomic E-state index is 11.9. The van der Waals surface area contributed by atoms with Crippen LogP contribution in [0.1, 0.15) is 24.2 Å². The summed E-state index contributed by atoms with van der Waals surface area (Å²) in [6, 6.07) is 7.91. The van der Waals surface area contributed by atoms with Gasteiger partial charge < -0.3 is 5.11 Å². The topological polar surface area (TPSA) is 88.5 Å². The van der Waals surface area contributed by atoms with Crippen LogP contribution >= 0.6 is 0 Å². The van der Waals surface area contributed by atoms with Crippen LogP contribution in [-0.4, -0.2) is 35.8 Å². The van der Waals surface area contributed by atoms with Crippen LogP contribution in [0.4, 0.5) is 0 Å². The summed E-state index contributed by atoms with van der Waals surface area (Å²) in [5.74, 6) is -2.88. The predicted molar refractivity (Wildman–Crippen MR) is 66.3 cm³/mol. The standard InChI is InChI=1S/C12H14O5S/c1-12(2,11(14)15)18(16,17)8-10(13)9-6-4-3-5-7-9/h3-7H,8H2,1-2H3,(H,14,15). The molecule has 0 aliphatic carbocycles. The van der Waals surface area contributed by atoms with Gasteiger partial charge in [0.15, 0.2) is 20.4 Å². The van der Waals surface area contributed by atoms with Crippen LogP contribution in [0.2, 0.25) is 0 Å². The zero-order valence-electron chi connectivity index (χ0n) is 10.1. The van der Waals surface area contributed by atoms with Gasteiger partial charge in [0.05, 0.1) is 0 Å². The van der Waals surface area contributed by atoms with Gasteiger partial charge >= 0.3 is 5.97 Å². The number of Topliss-reactive ketones (excluding diaryl/α,β-unsaturated/α-hetero) is 1. The fraction of sp³-hybridized carbons (Fsp3) is 0.333. The highest BCUT2D eigenvalue weighted by Gasteiger charge is 2.42. The van der Waals surface area contributed by atoms with Crippen LogP contribution in [0, 0.1) is 0 Å². The second kappa shape index (κ2) is 4.89. The number of benzene rings is 1. The lowest BCUT2D eigenvalue weighted by atomic mass is 10.2. The average molecular weight is 270 g/mol. The van der Waals surface area contributed by atoms with E-state index in [1.165, 1.54) is 12.1 Å². The van der Waals surface area contributed by atoms with Crippen LogP contribution in [0.15, 0.2) is 30.3 Å². The molecule has 0 amide bonds. The number of ketones is 1. The minimum atomic E-state index is -4.06. The van der Waals surface area contributed by atoms with E-state index < -0.39 is 32.1 Å². The molecule has 0 bridgehead atoms. The molecule has 0 atom stereocenters. The molecule has 0 fully saturated rings. The minimum Gasteiger partial charge on any atom is -0.480 e. The molecule has 0 saturated carbocycles. The first-order chi connectivity index (χ1) is 8.18. The molecule has 0 heterocycles. The first-order valence-corrected chi connectivity index (χ1v) is 6.87. The van der Waals surface area contributed by atoms with Crippen molar-refractivity contribution in [1.29, 1.82) is 0 Å². The third kappa shape index (κ3) is 2.76. The van der Waals surface area contributed by atoms with Crippen molar-refractivity contribution >= 4 is 21.6 Å². The Morgan fingerprint density at radius 3 is 2.11 bits per heavy atom. The lowest BCUT2D eigenvalue weighted by molar-refractivity contribution is -0.139. The number of carbonyl (C=O) groups excluding carboxylic acids is 1. The molecule has 1 aromatic carbocycles. The quantitative estimate of drug-likeness (QED) is 0.811. The van der Waals surface area contributed by atoms with Crippen molar-refractivity contribution in [3.05, 3.63) is 35.9 Å². The Balaban J connectivity index is 2.99. The summed E-state index contributed by atoms with van der Waals surface area (Å²) in [4.78, 5) is 22.7. The maximum absolute atomic E-state index is 11.9. The third-order valence-corrected chi connectivity index (χ3v) is 5.08. The first kappa shape index (κ1) is 14.4. The van der Waals surface area contributed by atoms with E-state index in [0.717, 1.165) is 13.8 Å². The molecule has 1 N–H and O–H groups in total. The molecule has 1 aromatic rings. The van der Waals surface area contributed by atoms with E-state index in [9.17, 15) is 18.0 Å². The molecule has 0 aliphatic rings. The molecule has 1 rings (SSSR count). The van der Waals surface area contributed by atoms with Crippen LogP contribution in [0.5, 0.6) is 0 Å². The summed E-state index contributed by atoms with van der Waals surface area (Å²) in [6.45, 7) is 2.14. The van der Waals surface area contributed by atoms with E-state index in [-0.39, 0.29) is 5.56 Å². The van der Waals surface area contributed by atoms with Gasteiger partial charge in [-0.05, 0) is 13.8 Å². The molecule has 0 unspecified atom stereocenters. The number of carboxylic acids is 1. The summed E-state index contributed by atoms with van der Waals surface area (Å²) >= 11 is 0. The van der Waals surface area contributed by atoms with Gasteiger partial charge in [-0.2, -0.15) is 0 Å². The zero-order valence-corrected chi connectivity index (χ0v) is 10.9. The van der Waals surface area contributed by atoms with Crippen LogP contribution in [0.25, 0.3) is 0 Å². The molecule has 0 spiro atoms. The SMILES string of the molecule is CC(C)(C(=O)O)S(=O)(=O)CC(=O)c1ccccc1. The molecule has 0 radical (unpaired) electrons. The molecule has 0 saturated heterocycles. The van der Waals surface area contributed by atoms with Gasteiger partial charge in [-0.3, -0.25) is 9.59 Å². The van der Waals surface area contributed by atoms with Gasteiger partial charge in [0.2, 0.25) is 0 Å². The number of carbonyl (C=O) groups is 2. The van der Waals surface area contributed by atoms with Gasteiger partial charge in [-0.15, -0.1) is 0 Å². The Morgan fingerprint density at radius 2 is 1.67 bits per heavy atom. The molecule has 0 aromatic heterocycles. The molecule has 0 aliphatic heterocycles. The largest absolute Gasteiger partial charge is 0.480 e. The summed E-state index contributed by atoms with van der Waals surface area (Å²) in [7, 11) is -4.06. The van der Waals surface area contributed by atoms with E-state index in [0.29, 0.717) is 0 Å². The van der Waals surface area contributed by atoms with E-state index in [4.69, 9.17) is 5.11 Å². The first-order valence-electron chi connectivity index (χ1n) is 5.22. The molecule has 18 heavy (non-hydrogen) atoms. The predicted octanol–water partition coefficient (Wildman–Crippen LogP) is 1.15. The lowest BCUT2D eigenvalue weighted by Gasteiger charge is -2.19. The second-order valence-corrected chi connectivity index (χ2v) is 6.90. The molecule has 6 heteroatoms. The Kier molecular flexibility index (Phi) is 3.91. The highest BCUT2D eigenvalue weighted by atomic mass is 32.2. The molecule has 5 nitrogen and oxygen atoms in total. The Hall–Kier alpha value is -1.69. The van der Waals surface area contributed by atoms with Crippen molar-refractivity contribution < 1.29 is 23.1 Å². The van der Waals surface area contributed by atoms with Gasteiger partial charge in [0.25, 0.3) is 0 Å². The smallest absolute Gasteiger partial charge is 0.324 e. The minimum absolute atomic E-state index is 0.252. The fourth-order valence-electron chi connectivity index (χ4n) is 1.19. The Morgan fingerprint density at radius 1 is 1.17 bits per heavy atom. The van der Waals surface area contributed by atoms with Crippen LogP contribution < -0.4 is 0 Å². The second-order valence-electron chi connectivity index (χ2n) is 4.36. The summed E-state index contributed by atoms with van der Waals surface area (Å²) in [5, 5.41) is 8.87. The average Bonchev–Trinajstić information content (AvgIpc) is 2.29. The summed E-state index contributed by atoms with van der Waals surface area (Å²) in [5.41, 5.74) is 0.252. The third-order valence-electron chi connectivity index (χ3n) is 2.71. The van der Waals surface area contributed by atoms with Crippen molar-refractivity contribution in [3.63, 3.8) is 0 Å². The zero-order chi connectivity index (χ0) is 14.0. The summed E-state index contributed by atoms with van der Waals surface area (Å²) < 4.78 is 21.8. The van der Waals surface area contributed by atoms with Crippen molar-refractivity contribution in [3.8, 4) is 0 Å². The number of hydrogen-bond donors (Lipinski definition) is 1. The van der Waals surface area contributed by atoms with Crippen LogP contribution in [-0.2, 0) is 14.6 Å². The van der Waals surface area contributed by atoms with Crippen molar-refractivity contribution in [2.24, 2.45) is 0 Å². The van der Waals surface area contributed by atoms with Crippen molar-refractivity contribution in [1.82, 2.24) is 0 Å². The van der Waals surface area contributed by atoms with E-state index in [2.05, 4.69) is 0 Å². The number of aliphatic carboxylic acids is 1. The monoisotopic (exact) mass is 270 g/mol. The highest BCUT2D eigenvalue weighted by molar-refractivity contribution is 7.94. The van der Waals surface area contributed by atoms with Gasteiger partial charge in [0.1, 0.15) is 5.75 Å². The van der Waals surface area contributed by atoms with Gasteiger partial charge in [0, 0.05) is 5.56 Å². The van der Waals surface area contributed by atoms with E-state index >= 15 is 0 Å². The number of sulfone groups is 1. The number of hydrogen-bond acceptors (Lipinski definition) is 4. The van der Waals surface area contributed by atoms with Crippen molar-refractivity contribution in [2.75, 3.05) is 5.75 Å². The molecular weight excluding hydrogens is 256 g/mol. The van der Waals surface area contributed by atoms with Gasteiger partial charge in [-0.1, -0.05) is 30.3 Å². The van der Waals surface area contributed by atoms with Crippen molar-refractivity contribution in [2.45, 2.75) is 18.6 Å². The van der Waals surface area contributed by atoms with E-state index in [1.807, 2.05) is 0 Å². The normalized spacial score (nSPS) is 12.1. The molecule has 98 valence electrons. The highest BCUT2D eigenvalue weighted by Crippen LogP contribution is 2.19. The van der Waals surface area contributed by atoms with Crippen LogP contribution in [0.3, 0.4) is 0 Å². The fourth-order valence-corrected chi connectivity index (χ4v) is 2.33. The Labute approximate surface area is 105 Å². The number of rotatable bonds is 5. The van der Waals surface area contributed by atoms with E-state index in [1.54, 1.807) is 18.2 Å². The Bertz CT molecular complexity index is 557. The number of carboxylic acid groups (broad SMARTS) is 1. The summed E-state index contributed by atoms with van der Waals surface area (Å²) in [6.07, 6.45) is 0. The molecular formula is C12H14O5S.